The molecule has 0 aliphatic heterocycles. The molecular formula is C13H21N3O4S. The second kappa shape index (κ2) is 5.42. The average molecular weight is 315 g/mol. The molecule has 0 radical (unpaired) electrons. The summed E-state index contributed by atoms with van der Waals surface area (Å²) in [6.07, 6.45) is 2.99. The van der Waals surface area contributed by atoms with Crippen LogP contribution in [0.5, 0.6) is 0 Å². The fraction of sp³-hybridized carbons (Fsp3) is 0.692. The van der Waals surface area contributed by atoms with Crippen LogP contribution in [-0.4, -0.2) is 34.8 Å². The molecule has 0 unspecified atom stereocenters. The van der Waals surface area contributed by atoms with Gasteiger partial charge in [0.05, 0.1) is 11.4 Å². The largest absolute Gasteiger partial charge is 0.480 e. The molecule has 2 rings (SSSR count). The van der Waals surface area contributed by atoms with Crippen molar-refractivity contribution in [2.24, 2.45) is 7.05 Å². The van der Waals surface area contributed by atoms with Crippen molar-refractivity contribution in [3.8, 4) is 0 Å². The fourth-order valence-corrected chi connectivity index (χ4v) is 4.82. The summed E-state index contributed by atoms with van der Waals surface area (Å²) < 4.78 is 29.2. The van der Waals surface area contributed by atoms with Crippen molar-refractivity contribution in [1.29, 1.82) is 0 Å². The number of aromatic nitrogens is 2. The van der Waals surface area contributed by atoms with Gasteiger partial charge in [0.1, 0.15) is 10.4 Å². The summed E-state index contributed by atoms with van der Waals surface area (Å²) in [7, 11) is -2.26. The van der Waals surface area contributed by atoms with Crippen LogP contribution >= 0.6 is 0 Å². The SMILES string of the molecule is Cc1nn(C)c(C)c1S(=O)(=O)NC1(C(=O)O)CCCCC1. The highest BCUT2D eigenvalue weighted by Crippen LogP contribution is 2.31. The first kappa shape index (κ1) is 16.0. The maximum absolute atomic E-state index is 12.6. The number of aryl methyl sites for hydroxylation is 2. The first-order chi connectivity index (χ1) is 9.69. The third-order valence-corrected chi connectivity index (χ3v) is 5.95. The highest BCUT2D eigenvalue weighted by molar-refractivity contribution is 7.89. The summed E-state index contributed by atoms with van der Waals surface area (Å²) >= 11 is 0. The summed E-state index contributed by atoms with van der Waals surface area (Å²) in [5.74, 6) is -1.11. The molecule has 8 heteroatoms. The Morgan fingerprint density at radius 1 is 1.29 bits per heavy atom. The second-order valence-electron chi connectivity index (χ2n) is 5.68. The van der Waals surface area contributed by atoms with Crippen LogP contribution in [0.15, 0.2) is 4.90 Å². The lowest BCUT2D eigenvalue weighted by atomic mass is 9.83. The van der Waals surface area contributed by atoms with Crippen LogP contribution in [0.1, 0.15) is 43.5 Å². The van der Waals surface area contributed by atoms with E-state index >= 15 is 0 Å². The van der Waals surface area contributed by atoms with Gasteiger partial charge in [-0.1, -0.05) is 19.3 Å². The topological polar surface area (TPSA) is 101 Å². The molecule has 0 saturated heterocycles. The van der Waals surface area contributed by atoms with Crippen LogP contribution < -0.4 is 4.72 Å². The van der Waals surface area contributed by atoms with Crippen molar-refractivity contribution in [2.45, 2.75) is 56.4 Å². The smallest absolute Gasteiger partial charge is 0.324 e. The quantitative estimate of drug-likeness (QED) is 0.866. The maximum atomic E-state index is 12.6. The number of hydrogen-bond acceptors (Lipinski definition) is 4. The van der Waals surface area contributed by atoms with Gasteiger partial charge in [0.25, 0.3) is 0 Å². The number of sulfonamides is 1. The molecule has 0 atom stereocenters. The molecule has 2 N–H and O–H groups in total. The normalized spacial score (nSPS) is 18.6. The van der Waals surface area contributed by atoms with Crippen LogP contribution in [0.3, 0.4) is 0 Å². The fourth-order valence-electron chi connectivity index (χ4n) is 2.97. The second-order valence-corrected chi connectivity index (χ2v) is 7.30. The lowest BCUT2D eigenvalue weighted by molar-refractivity contribution is -0.145. The minimum atomic E-state index is -3.92. The molecule has 118 valence electrons. The highest BCUT2D eigenvalue weighted by Gasteiger charge is 2.44. The lowest BCUT2D eigenvalue weighted by Crippen LogP contribution is -2.55. The van der Waals surface area contributed by atoms with Crippen LogP contribution in [0.4, 0.5) is 0 Å². The van der Waals surface area contributed by atoms with E-state index in [0.29, 0.717) is 37.1 Å². The Kier molecular flexibility index (Phi) is 4.12. The van der Waals surface area contributed by atoms with E-state index in [-0.39, 0.29) is 4.90 Å². The van der Waals surface area contributed by atoms with Gasteiger partial charge in [-0.3, -0.25) is 9.48 Å². The highest BCUT2D eigenvalue weighted by atomic mass is 32.2. The Morgan fingerprint density at radius 2 is 1.86 bits per heavy atom. The van der Waals surface area contributed by atoms with Crippen molar-refractivity contribution in [1.82, 2.24) is 14.5 Å². The third kappa shape index (κ3) is 2.82. The zero-order valence-corrected chi connectivity index (χ0v) is 13.3. The number of hydrogen-bond donors (Lipinski definition) is 2. The zero-order chi connectivity index (χ0) is 15.8. The molecule has 0 spiro atoms. The van der Waals surface area contributed by atoms with Gasteiger partial charge in [0, 0.05) is 7.05 Å². The molecule has 1 aromatic heterocycles. The van der Waals surface area contributed by atoms with Gasteiger partial charge in [0.15, 0.2) is 0 Å². The minimum Gasteiger partial charge on any atom is -0.480 e. The van der Waals surface area contributed by atoms with Crippen molar-refractivity contribution in [3.05, 3.63) is 11.4 Å². The lowest BCUT2D eigenvalue weighted by Gasteiger charge is -2.33. The first-order valence-electron chi connectivity index (χ1n) is 6.97. The maximum Gasteiger partial charge on any atom is 0.324 e. The van der Waals surface area contributed by atoms with Gasteiger partial charge < -0.3 is 5.11 Å². The minimum absolute atomic E-state index is 0.0798. The van der Waals surface area contributed by atoms with Gasteiger partial charge in [-0.05, 0) is 26.7 Å². The zero-order valence-electron chi connectivity index (χ0n) is 12.5. The average Bonchev–Trinajstić information content (AvgIpc) is 2.64. The van der Waals surface area contributed by atoms with Crippen LogP contribution in [-0.2, 0) is 21.9 Å². The number of nitrogens with one attached hydrogen (secondary N) is 1. The van der Waals surface area contributed by atoms with Gasteiger partial charge in [0.2, 0.25) is 10.0 Å². The van der Waals surface area contributed by atoms with Crippen LogP contribution in [0, 0.1) is 13.8 Å². The first-order valence-corrected chi connectivity index (χ1v) is 8.45. The van der Waals surface area contributed by atoms with Crippen molar-refractivity contribution >= 4 is 16.0 Å². The molecule has 1 aliphatic carbocycles. The summed E-state index contributed by atoms with van der Waals surface area (Å²) in [4.78, 5) is 11.7. The van der Waals surface area contributed by atoms with Crippen molar-refractivity contribution in [2.75, 3.05) is 0 Å². The molecule has 1 saturated carbocycles. The Balaban J connectivity index is 2.42. The molecule has 0 aromatic carbocycles. The number of aliphatic carboxylic acids is 1. The Morgan fingerprint density at radius 3 is 2.29 bits per heavy atom. The Labute approximate surface area is 124 Å². The number of rotatable bonds is 4. The Bertz CT molecular complexity index is 657. The van der Waals surface area contributed by atoms with E-state index in [1.54, 1.807) is 20.9 Å². The number of carbonyl (C=O) groups is 1. The summed E-state index contributed by atoms with van der Waals surface area (Å²) in [6, 6.07) is 0. The molecular weight excluding hydrogens is 294 g/mol. The number of carboxylic acid groups (broad SMARTS) is 1. The van der Waals surface area contributed by atoms with Gasteiger partial charge >= 0.3 is 5.97 Å². The van der Waals surface area contributed by atoms with Gasteiger partial charge in [-0.2, -0.15) is 9.82 Å². The van der Waals surface area contributed by atoms with E-state index < -0.39 is 21.5 Å². The molecule has 1 aromatic rings. The van der Waals surface area contributed by atoms with E-state index in [4.69, 9.17) is 0 Å². The van der Waals surface area contributed by atoms with Gasteiger partial charge in [-0.15, -0.1) is 0 Å². The predicted molar refractivity (Wildman–Crippen MR) is 76.5 cm³/mol. The van der Waals surface area contributed by atoms with Crippen molar-refractivity contribution < 1.29 is 18.3 Å². The van der Waals surface area contributed by atoms with E-state index in [1.807, 2.05) is 0 Å². The summed E-state index contributed by atoms with van der Waals surface area (Å²) in [5, 5.41) is 13.6. The van der Waals surface area contributed by atoms with E-state index in [9.17, 15) is 18.3 Å². The third-order valence-electron chi connectivity index (χ3n) is 4.16. The molecule has 1 fully saturated rings. The predicted octanol–water partition coefficient (Wildman–Crippen LogP) is 1.10. The molecule has 21 heavy (non-hydrogen) atoms. The molecule has 1 aliphatic rings. The van der Waals surface area contributed by atoms with Crippen LogP contribution in [0.25, 0.3) is 0 Å². The molecule has 0 bridgehead atoms. The summed E-state index contributed by atoms with van der Waals surface area (Å²) in [6.45, 7) is 3.26. The van der Waals surface area contributed by atoms with E-state index in [0.717, 1.165) is 6.42 Å². The molecule has 1 heterocycles. The molecule has 0 amide bonds. The molecule has 7 nitrogen and oxygen atoms in total. The number of carboxylic acids is 1. The van der Waals surface area contributed by atoms with Crippen molar-refractivity contribution in [3.63, 3.8) is 0 Å². The number of nitrogens with zero attached hydrogens (tertiary/aromatic N) is 2. The Hall–Kier alpha value is -1.41. The van der Waals surface area contributed by atoms with Crippen LogP contribution in [0.2, 0.25) is 0 Å². The van der Waals surface area contributed by atoms with E-state index in [2.05, 4.69) is 9.82 Å². The monoisotopic (exact) mass is 315 g/mol. The van der Waals surface area contributed by atoms with E-state index in [1.165, 1.54) is 4.68 Å². The standard InChI is InChI=1S/C13H21N3O4S/c1-9-11(10(2)16(3)14-9)21(19,20)15-13(12(17)18)7-5-4-6-8-13/h15H,4-8H2,1-3H3,(H,17,18). The van der Waals surface area contributed by atoms with Gasteiger partial charge in [-0.25, -0.2) is 8.42 Å². The summed E-state index contributed by atoms with van der Waals surface area (Å²) in [5.41, 5.74) is -0.526.